The predicted molar refractivity (Wildman–Crippen MR) is 86.0 cm³/mol. The Morgan fingerprint density at radius 1 is 1.23 bits per heavy atom. The molecular formula is C19H29NO2. The number of Topliss-reactive ketones (excluding diaryl/α,β-unsaturated/α-hetero) is 1. The van der Waals surface area contributed by atoms with Crippen LogP contribution in [-0.4, -0.2) is 23.0 Å². The summed E-state index contributed by atoms with van der Waals surface area (Å²) in [6.07, 6.45) is 9.70. The summed E-state index contributed by atoms with van der Waals surface area (Å²) < 4.78 is 0. The monoisotopic (exact) mass is 303 g/mol. The van der Waals surface area contributed by atoms with Crippen molar-refractivity contribution in [1.29, 1.82) is 0 Å². The molecule has 3 N–H and O–H groups in total. The standard InChI is InChI=1S/C19H29NO2/c1-18-7-5-12(21)9-11(18)10-15(20)17-13-3-4-16(22)19(13,2)8-6-14(17)18/h3-4,11,13-17,22H,5-10,20H2,1-2H3/t11?,13-,14+,15?,16?,17-,18-,19-/m0/s1. The molecule has 3 fully saturated rings. The van der Waals surface area contributed by atoms with E-state index in [9.17, 15) is 9.90 Å². The fourth-order valence-corrected chi connectivity index (χ4v) is 6.54. The van der Waals surface area contributed by atoms with Crippen molar-refractivity contribution in [2.24, 2.45) is 40.2 Å². The molecule has 0 heterocycles. The molecule has 3 saturated carbocycles. The molecule has 0 aromatic heterocycles. The van der Waals surface area contributed by atoms with Crippen molar-refractivity contribution in [2.45, 2.75) is 64.5 Å². The zero-order chi connectivity index (χ0) is 15.7. The molecule has 0 bridgehead atoms. The molecule has 122 valence electrons. The maximum atomic E-state index is 11.9. The van der Waals surface area contributed by atoms with Gasteiger partial charge in [-0.3, -0.25) is 4.79 Å². The minimum atomic E-state index is -0.316. The Hall–Kier alpha value is -0.670. The van der Waals surface area contributed by atoms with E-state index in [0.29, 0.717) is 29.5 Å². The summed E-state index contributed by atoms with van der Waals surface area (Å²) in [5, 5.41) is 10.4. The molecule has 0 spiro atoms. The molecule has 0 aromatic rings. The molecule has 4 aliphatic rings. The zero-order valence-corrected chi connectivity index (χ0v) is 13.8. The Bertz CT molecular complexity index is 530. The average molecular weight is 303 g/mol. The van der Waals surface area contributed by atoms with Crippen LogP contribution in [-0.2, 0) is 4.79 Å². The summed E-state index contributed by atoms with van der Waals surface area (Å²) in [5.74, 6) is 2.41. The van der Waals surface area contributed by atoms with E-state index >= 15 is 0 Å². The van der Waals surface area contributed by atoms with E-state index in [-0.39, 0.29) is 23.0 Å². The fourth-order valence-electron chi connectivity index (χ4n) is 6.54. The summed E-state index contributed by atoms with van der Waals surface area (Å²) in [6.45, 7) is 4.66. The number of carbonyl (C=O) groups is 1. The molecule has 3 heteroatoms. The minimum Gasteiger partial charge on any atom is -0.388 e. The number of allylic oxidation sites excluding steroid dienone is 1. The summed E-state index contributed by atoms with van der Waals surface area (Å²) in [6, 6.07) is 0.175. The number of hydrogen-bond donors (Lipinski definition) is 2. The molecule has 3 nitrogen and oxygen atoms in total. The van der Waals surface area contributed by atoms with Gasteiger partial charge in [-0.2, -0.15) is 0 Å². The molecule has 8 atom stereocenters. The highest BCUT2D eigenvalue weighted by molar-refractivity contribution is 5.79. The van der Waals surface area contributed by atoms with Crippen LogP contribution in [0.5, 0.6) is 0 Å². The lowest BCUT2D eigenvalue weighted by Gasteiger charge is -2.61. The van der Waals surface area contributed by atoms with Gasteiger partial charge in [0.25, 0.3) is 0 Å². The van der Waals surface area contributed by atoms with Crippen molar-refractivity contribution < 1.29 is 9.90 Å². The number of fused-ring (bicyclic) bond motifs is 5. The minimum absolute atomic E-state index is 0.0214. The van der Waals surface area contributed by atoms with Gasteiger partial charge in [-0.1, -0.05) is 26.0 Å². The third-order valence-electron chi connectivity index (χ3n) is 8.06. The van der Waals surface area contributed by atoms with E-state index in [1.165, 1.54) is 0 Å². The molecule has 22 heavy (non-hydrogen) atoms. The Balaban J connectivity index is 1.70. The SMILES string of the molecule is C[C@]12CCC(=O)CC1CC(N)[C@@H]1[C@H]2CC[C@]2(C)C(O)C=C[C@@H]12. The molecular weight excluding hydrogens is 274 g/mol. The summed E-state index contributed by atoms with van der Waals surface area (Å²) >= 11 is 0. The predicted octanol–water partition coefficient (Wildman–Crippen LogP) is 2.67. The highest BCUT2D eigenvalue weighted by Gasteiger charge is 2.60. The van der Waals surface area contributed by atoms with E-state index in [2.05, 4.69) is 19.9 Å². The summed E-state index contributed by atoms with van der Waals surface area (Å²) in [7, 11) is 0. The fraction of sp³-hybridized carbons (Fsp3) is 0.842. The third kappa shape index (κ3) is 1.78. The van der Waals surface area contributed by atoms with Gasteiger partial charge in [0.1, 0.15) is 5.78 Å². The number of aliphatic hydroxyl groups excluding tert-OH is 1. The number of rotatable bonds is 0. The van der Waals surface area contributed by atoms with Crippen LogP contribution in [0.1, 0.15) is 52.4 Å². The first-order chi connectivity index (χ1) is 10.4. The first kappa shape index (κ1) is 14.9. The van der Waals surface area contributed by atoms with Crippen molar-refractivity contribution in [2.75, 3.05) is 0 Å². The smallest absolute Gasteiger partial charge is 0.133 e. The Kier molecular flexibility index (Phi) is 3.16. The van der Waals surface area contributed by atoms with Gasteiger partial charge in [0.2, 0.25) is 0 Å². The van der Waals surface area contributed by atoms with Crippen molar-refractivity contribution in [3.63, 3.8) is 0 Å². The highest BCUT2D eigenvalue weighted by atomic mass is 16.3. The highest BCUT2D eigenvalue weighted by Crippen LogP contribution is 2.64. The Morgan fingerprint density at radius 3 is 2.77 bits per heavy atom. The maximum Gasteiger partial charge on any atom is 0.133 e. The van der Waals surface area contributed by atoms with Crippen LogP contribution < -0.4 is 5.73 Å². The van der Waals surface area contributed by atoms with Crippen LogP contribution >= 0.6 is 0 Å². The van der Waals surface area contributed by atoms with E-state index in [0.717, 1.165) is 38.5 Å². The molecule has 0 aliphatic heterocycles. The second kappa shape index (κ2) is 4.67. The maximum absolute atomic E-state index is 11.9. The molecule has 4 aliphatic carbocycles. The van der Waals surface area contributed by atoms with Gasteiger partial charge in [-0.15, -0.1) is 0 Å². The summed E-state index contributed by atoms with van der Waals surface area (Å²) in [4.78, 5) is 11.9. The largest absolute Gasteiger partial charge is 0.388 e. The number of hydrogen-bond acceptors (Lipinski definition) is 3. The van der Waals surface area contributed by atoms with Crippen LogP contribution in [0.4, 0.5) is 0 Å². The Morgan fingerprint density at radius 2 is 2.00 bits per heavy atom. The molecule has 0 amide bonds. The molecule has 0 aromatic carbocycles. The quantitative estimate of drug-likeness (QED) is 0.676. The van der Waals surface area contributed by atoms with Gasteiger partial charge < -0.3 is 10.8 Å². The average Bonchev–Trinajstić information content (AvgIpc) is 2.77. The zero-order valence-electron chi connectivity index (χ0n) is 13.8. The van der Waals surface area contributed by atoms with Crippen LogP contribution in [0.2, 0.25) is 0 Å². The lowest BCUT2D eigenvalue weighted by Crippen LogP contribution is -2.60. The Labute approximate surface area is 133 Å². The van der Waals surface area contributed by atoms with Crippen molar-refractivity contribution in [1.82, 2.24) is 0 Å². The lowest BCUT2D eigenvalue weighted by atomic mass is 9.44. The second-order valence-electron chi connectivity index (χ2n) is 8.93. The van der Waals surface area contributed by atoms with Gasteiger partial charge in [0, 0.05) is 24.3 Å². The van der Waals surface area contributed by atoms with Crippen LogP contribution in [0.25, 0.3) is 0 Å². The van der Waals surface area contributed by atoms with Crippen molar-refractivity contribution in [3.05, 3.63) is 12.2 Å². The van der Waals surface area contributed by atoms with Crippen molar-refractivity contribution in [3.8, 4) is 0 Å². The van der Waals surface area contributed by atoms with Crippen LogP contribution in [0.3, 0.4) is 0 Å². The van der Waals surface area contributed by atoms with E-state index in [1.807, 2.05) is 6.08 Å². The third-order valence-corrected chi connectivity index (χ3v) is 8.06. The lowest BCUT2D eigenvalue weighted by molar-refractivity contribution is -0.142. The topological polar surface area (TPSA) is 63.3 Å². The number of carbonyl (C=O) groups excluding carboxylic acids is 1. The second-order valence-corrected chi connectivity index (χ2v) is 8.93. The van der Waals surface area contributed by atoms with E-state index < -0.39 is 0 Å². The summed E-state index contributed by atoms with van der Waals surface area (Å²) in [5.41, 5.74) is 6.89. The van der Waals surface area contributed by atoms with Gasteiger partial charge in [0.15, 0.2) is 0 Å². The first-order valence-electron chi connectivity index (χ1n) is 9.00. The van der Waals surface area contributed by atoms with Crippen LogP contribution in [0, 0.1) is 34.5 Å². The van der Waals surface area contributed by atoms with Gasteiger partial charge in [-0.25, -0.2) is 0 Å². The molecule has 0 radical (unpaired) electrons. The van der Waals surface area contributed by atoms with E-state index in [1.54, 1.807) is 0 Å². The van der Waals surface area contributed by atoms with E-state index in [4.69, 9.17) is 5.73 Å². The first-order valence-corrected chi connectivity index (χ1v) is 9.00. The number of nitrogens with two attached hydrogens (primary N) is 1. The molecule has 0 saturated heterocycles. The van der Waals surface area contributed by atoms with Gasteiger partial charge >= 0.3 is 0 Å². The number of ketones is 1. The number of aliphatic hydroxyl groups is 1. The van der Waals surface area contributed by atoms with Crippen LogP contribution in [0.15, 0.2) is 12.2 Å². The molecule has 3 unspecified atom stereocenters. The normalized spacial score (nSPS) is 57.2. The van der Waals surface area contributed by atoms with Crippen molar-refractivity contribution >= 4 is 5.78 Å². The van der Waals surface area contributed by atoms with Gasteiger partial charge in [-0.05, 0) is 54.8 Å². The molecule has 4 rings (SSSR count). The van der Waals surface area contributed by atoms with Gasteiger partial charge in [0.05, 0.1) is 6.10 Å².